The number of likely N-dealkylation sites (tertiary alicyclic amines) is 1. The molecule has 2 aromatic carbocycles. The molecule has 2 aromatic rings. The molecule has 0 bridgehead atoms. The van der Waals surface area contributed by atoms with Crippen LogP contribution in [0.2, 0.25) is 5.02 Å². The molecule has 0 radical (unpaired) electrons. The Morgan fingerprint density at radius 1 is 1.15 bits per heavy atom. The number of nitrogens with zero attached hydrogens (tertiary/aromatic N) is 1. The molecule has 2 fully saturated rings. The number of amides is 2. The van der Waals surface area contributed by atoms with Crippen molar-refractivity contribution in [2.24, 2.45) is 5.92 Å². The fourth-order valence-corrected chi connectivity index (χ4v) is 5.43. The summed E-state index contributed by atoms with van der Waals surface area (Å²) < 4.78 is 51.9. The Labute approximate surface area is 195 Å². The number of carbonyl (C=O) groups excluding carboxylic acids is 2. The molecule has 2 aliphatic rings. The van der Waals surface area contributed by atoms with Crippen LogP contribution >= 0.6 is 11.6 Å². The smallest absolute Gasteiger partial charge is 0.254 e. The number of rotatable bonds is 5. The summed E-state index contributed by atoms with van der Waals surface area (Å²) in [4.78, 5) is 28.0. The first-order valence-corrected chi connectivity index (χ1v) is 12.8. The molecule has 0 spiro atoms. The minimum atomic E-state index is -3.51. The topological polar surface area (TPSA) is 83.6 Å². The van der Waals surface area contributed by atoms with Crippen molar-refractivity contribution in [1.82, 2.24) is 10.2 Å². The fraction of sp³-hybridized carbons (Fsp3) is 0.391. The van der Waals surface area contributed by atoms with Crippen LogP contribution in [0.4, 0.5) is 8.78 Å². The normalized spacial score (nSPS) is 22.9. The molecule has 1 saturated carbocycles. The van der Waals surface area contributed by atoms with E-state index >= 15 is 0 Å². The predicted octanol–water partition coefficient (Wildman–Crippen LogP) is 3.89. The third-order valence-electron chi connectivity index (χ3n) is 6.51. The van der Waals surface area contributed by atoms with Crippen molar-refractivity contribution in [1.29, 1.82) is 0 Å². The highest BCUT2D eigenvalue weighted by atomic mass is 35.5. The molecule has 176 valence electrons. The number of sulfone groups is 1. The third kappa shape index (κ3) is 4.48. The lowest BCUT2D eigenvalue weighted by Gasteiger charge is -2.37. The molecule has 0 aromatic heterocycles. The summed E-state index contributed by atoms with van der Waals surface area (Å²) in [5.74, 6) is -2.27. The number of benzene rings is 2. The molecule has 4 rings (SSSR count). The summed E-state index contributed by atoms with van der Waals surface area (Å²) in [6, 6.07) is 5.78. The largest absolute Gasteiger partial charge is 0.348 e. The van der Waals surface area contributed by atoms with Crippen LogP contribution in [0.25, 0.3) is 0 Å². The van der Waals surface area contributed by atoms with Gasteiger partial charge in [-0.1, -0.05) is 17.7 Å². The highest BCUT2D eigenvalue weighted by Gasteiger charge is 2.51. The molecule has 4 atom stereocenters. The van der Waals surface area contributed by atoms with E-state index in [1.165, 1.54) is 36.1 Å². The van der Waals surface area contributed by atoms with Crippen LogP contribution in [-0.2, 0) is 14.6 Å². The summed E-state index contributed by atoms with van der Waals surface area (Å²) in [5.41, 5.74) is 0.132. The third-order valence-corrected chi connectivity index (χ3v) is 7.91. The van der Waals surface area contributed by atoms with Crippen molar-refractivity contribution >= 4 is 33.3 Å². The summed E-state index contributed by atoms with van der Waals surface area (Å²) in [6.45, 7) is 1.52. The first kappa shape index (κ1) is 23.6. The second-order valence-electron chi connectivity index (χ2n) is 8.69. The van der Waals surface area contributed by atoms with Crippen molar-refractivity contribution in [3.05, 3.63) is 64.2 Å². The number of hydrogen-bond acceptors (Lipinski definition) is 4. The van der Waals surface area contributed by atoms with Crippen LogP contribution < -0.4 is 5.32 Å². The minimum absolute atomic E-state index is 0.0209. The Morgan fingerprint density at radius 2 is 1.88 bits per heavy atom. The summed E-state index contributed by atoms with van der Waals surface area (Å²) >= 11 is 5.61. The molecule has 10 heteroatoms. The van der Waals surface area contributed by atoms with E-state index in [4.69, 9.17) is 11.6 Å². The Kier molecular flexibility index (Phi) is 6.22. The van der Waals surface area contributed by atoms with E-state index in [0.717, 1.165) is 31.2 Å². The molecule has 0 unspecified atom stereocenters. The molecular formula is C23H23ClF2N2O4S. The van der Waals surface area contributed by atoms with Crippen LogP contribution in [0, 0.1) is 17.6 Å². The van der Waals surface area contributed by atoms with Crippen LogP contribution in [-0.4, -0.2) is 43.5 Å². The molecule has 6 nitrogen and oxygen atoms in total. The summed E-state index contributed by atoms with van der Waals surface area (Å²) in [6.07, 6.45) is 3.15. The van der Waals surface area contributed by atoms with E-state index in [2.05, 4.69) is 5.32 Å². The molecule has 1 N–H and O–H groups in total. The van der Waals surface area contributed by atoms with Gasteiger partial charge in [0.15, 0.2) is 9.84 Å². The Bertz CT molecular complexity index is 1240. The zero-order chi connectivity index (χ0) is 24.1. The molecule has 33 heavy (non-hydrogen) atoms. The number of hydrogen-bond donors (Lipinski definition) is 1. The standard InChI is InChI=1S/C23H23ClF2N2O4S/c1-12(16-10-19(26)17(24)11-18(16)25)27-22(29)21-9-13-6-7-20(13)28(21)23(30)14-4-3-5-15(8-14)33(2,31)32/h3-5,8,10-13,20-21H,6-7,9H2,1-2H3,(H,27,29)/t12-,13-,20-,21-/m1/s1. The molecular weight excluding hydrogens is 474 g/mol. The SMILES string of the molecule is C[C@@H](NC(=O)[C@H]1C[C@H]2CC[C@H]2N1C(=O)c1cccc(S(C)(=O)=O)c1)c1cc(F)c(Cl)cc1F. The van der Waals surface area contributed by atoms with Gasteiger partial charge in [0.25, 0.3) is 5.91 Å². The van der Waals surface area contributed by atoms with Gasteiger partial charge in [0.05, 0.1) is 16.0 Å². The fourth-order valence-electron chi connectivity index (χ4n) is 4.62. The maximum absolute atomic E-state index is 14.3. The lowest BCUT2D eigenvalue weighted by molar-refractivity contribution is -0.125. The molecule has 1 aliphatic heterocycles. The molecule has 1 heterocycles. The van der Waals surface area contributed by atoms with E-state index in [1.54, 1.807) is 0 Å². The Balaban J connectivity index is 1.58. The Morgan fingerprint density at radius 3 is 2.52 bits per heavy atom. The average molecular weight is 497 g/mol. The Hall–Kier alpha value is -2.52. The molecule has 1 saturated heterocycles. The van der Waals surface area contributed by atoms with Gasteiger partial charge >= 0.3 is 0 Å². The van der Waals surface area contributed by atoms with Gasteiger partial charge < -0.3 is 10.2 Å². The second kappa shape index (κ2) is 8.68. The monoisotopic (exact) mass is 496 g/mol. The van der Waals surface area contributed by atoms with Crippen LogP contribution in [0.1, 0.15) is 48.1 Å². The second-order valence-corrected chi connectivity index (χ2v) is 11.1. The number of fused-ring (bicyclic) bond motifs is 1. The number of halogens is 3. The van der Waals surface area contributed by atoms with Crippen molar-refractivity contribution in [2.45, 2.75) is 49.2 Å². The van der Waals surface area contributed by atoms with Gasteiger partial charge in [-0.2, -0.15) is 0 Å². The maximum Gasteiger partial charge on any atom is 0.254 e. The van der Waals surface area contributed by atoms with Gasteiger partial charge in [-0.3, -0.25) is 9.59 Å². The van der Waals surface area contributed by atoms with Gasteiger partial charge in [0.1, 0.15) is 17.7 Å². The zero-order valence-electron chi connectivity index (χ0n) is 18.0. The van der Waals surface area contributed by atoms with Crippen LogP contribution in [0.3, 0.4) is 0 Å². The highest BCUT2D eigenvalue weighted by Crippen LogP contribution is 2.44. The van der Waals surface area contributed by atoms with Gasteiger partial charge in [0.2, 0.25) is 5.91 Å². The average Bonchev–Trinajstić information content (AvgIpc) is 2.99. The summed E-state index contributed by atoms with van der Waals surface area (Å²) in [7, 11) is -3.51. The predicted molar refractivity (Wildman–Crippen MR) is 119 cm³/mol. The lowest BCUT2D eigenvalue weighted by atomic mass is 9.80. The van der Waals surface area contributed by atoms with Crippen molar-refractivity contribution in [3.63, 3.8) is 0 Å². The van der Waals surface area contributed by atoms with E-state index in [0.29, 0.717) is 6.42 Å². The molecule has 1 aliphatic carbocycles. The minimum Gasteiger partial charge on any atom is -0.348 e. The van der Waals surface area contributed by atoms with E-state index in [-0.39, 0.29) is 33.0 Å². The summed E-state index contributed by atoms with van der Waals surface area (Å²) in [5, 5.41) is 2.34. The zero-order valence-corrected chi connectivity index (χ0v) is 19.6. The van der Waals surface area contributed by atoms with Crippen molar-refractivity contribution in [2.75, 3.05) is 6.26 Å². The maximum atomic E-state index is 14.3. The number of nitrogens with one attached hydrogen (secondary N) is 1. The van der Waals surface area contributed by atoms with Gasteiger partial charge in [-0.25, -0.2) is 17.2 Å². The highest BCUT2D eigenvalue weighted by molar-refractivity contribution is 7.90. The van der Waals surface area contributed by atoms with Crippen molar-refractivity contribution < 1.29 is 26.8 Å². The first-order chi connectivity index (χ1) is 15.5. The first-order valence-electron chi connectivity index (χ1n) is 10.5. The lowest BCUT2D eigenvalue weighted by Crippen LogP contribution is -2.51. The van der Waals surface area contributed by atoms with Crippen LogP contribution in [0.15, 0.2) is 41.3 Å². The van der Waals surface area contributed by atoms with E-state index < -0.39 is 45.4 Å². The molecule has 2 amide bonds. The van der Waals surface area contributed by atoms with Gasteiger partial charge in [-0.15, -0.1) is 0 Å². The van der Waals surface area contributed by atoms with E-state index in [9.17, 15) is 26.8 Å². The van der Waals surface area contributed by atoms with E-state index in [1.807, 2.05) is 0 Å². The number of carbonyl (C=O) groups is 2. The van der Waals surface area contributed by atoms with Crippen LogP contribution in [0.5, 0.6) is 0 Å². The quantitative estimate of drug-likeness (QED) is 0.636. The van der Waals surface area contributed by atoms with Gasteiger partial charge in [-0.05, 0) is 62.4 Å². The van der Waals surface area contributed by atoms with Gasteiger partial charge in [0, 0.05) is 23.4 Å². The van der Waals surface area contributed by atoms with Crippen molar-refractivity contribution in [3.8, 4) is 0 Å².